The van der Waals surface area contributed by atoms with E-state index in [-0.39, 0.29) is 41.3 Å². The standard InChI is InChI=1S/C41H43ClN8O8/c1-23(20-33-48-47-24(2)49(33)30-15-14-27(57-3)21-29(30)37(43)25-10-12-26(42)13-11-25)38(53)45-19-6-4-5-18-44-35(52)22-58-32-9-7-8-28-36(32)41(56)50(40(28)55)31-16-17-34(51)46-39(31)54/h7-15,21,23,31,43H,4-6,16-20,22H2,1-3H3,(H,44,52)(H,45,53)(H,46,51,54). The van der Waals surface area contributed by atoms with Crippen molar-refractivity contribution in [2.45, 2.75) is 58.4 Å². The summed E-state index contributed by atoms with van der Waals surface area (Å²) in [6, 6.07) is 15.8. The molecule has 58 heavy (non-hydrogen) atoms. The Morgan fingerprint density at radius 3 is 2.45 bits per heavy atom. The number of aryl methyl sites for hydroxylation is 1. The average Bonchev–Trinajstić information content (AvgIpc) is 3.70. The van der Waals surface area contributed by atoms with E-state index < -0.39 is 48.1 Å². The molecule has 1 saturated heterocycles. The summed E-state index contributed by atoms with van der Waals surface area (Å²) in [7, 11) is 1.56. The summed E-state index contributed by atoms with van der Waals surface area (Å²) in [6.45, 7) is 4.03. The van der Waals surface area contributed by atoms with Crippen molar-refractivity contribution >= 4 is 52.8 Å². The molecule has 2 atom stereocenters. The first-order valence-corrected chi connectivity index (χ1v) is 19.2. The Labute approximate surface area is 339 Å². The number of piperidine rings is 1. The van der Waals surface area contributed by atoms with Gasteiger partial charge in [-0.2, -0.15) is 0 Å². The first kappa shape index (κ1) is 41.2. The van der Waals surface area contributed by atoms with Crippen molar-refractivity contribution in [2.75, 3.05) is 26.8 Å². The van der Waals surface area contributed by atoms with Crippen molar-refractivity contribution in [1.82, 2.24) is 35.6 Å². The van der Waals surface area contributed by atoms with Crippen molar-refractivity contribution in [3.8, 4) is 17.2 Å². The lowest BCUT2D eigenvalue weighted by Crippen LogP contribution is -2.54. The van der Waals surface area contributed by atoms with Gasteiger partial charge in [0, 0.05) is 48.0 Å². The molecular weight excluding hydrogens is 768 g/mol. The van der Waals surface area contributed by atoms with Crippen LogP contribution in [0.25, 0.3) is 5.69 Å². The number of nitrogens with one attached hydrogen (secondary N) is 4. The molecule has 0 spiro atoms. The molecule has 0 saturated carbocycles. The van der Waals surface area contributed by atoms with E-state index in [1.807, 2.05) is 24.5 Å². The molecule has 0 aliphatic carbocycles. The lowest BCUT2D eigenvalue weighted by Gasteiger charge is -2.27. The highest BCUT2D eigenvalue weighted by Crippen LogP contribution is 2.34. The van der Waals surface area contributed by atoms with E-state index >= 15 is 0 Å². The second-order valence-electron chi connectivity index (χ2n) is 14.0. The van der Waals surface area contributed by atoms with Gasteiger partial charge < -0.3 is 20.1 Å². The zero-order chi connectivity index (χ0) is 41.5. The quantitative estimate of drug-likeness (QED) is 0.0689. The van der Waals surface area contributed by atoms with Crippen LogP contribution in [0.1, 0.15) is 82.5 Å². The van der Waals surface area contributed by atoms with Gasteiger partial charge in [0.05, 0.1) is 29.6 Å². The number of benzene rings is 3. The molecule has 6 amide bonds. The number of imide groups is 2. The van der Waals surface area contributed by atoms with Gasteiger partial charge in [-0.05, 0) is 75.1 Å². The fourth-order valence-electron chi connectivity index (χ4n) is 6.87. The number of carbonyl (C=O) groups is 6. The van der Waals surface area contributed by atoms with Crippen LogP contribution < -0.4 is 25.4 Å². The van der Waals surface area contributed by atoms with E-state index in [9.17, 15) is 28.8 Å². The summed E-state index contributed by atoms with van der Waals surface area (Å²) in [5.41, 5.74) is 2.23. The minimum Gasteiger partial charge on any atom is -0.497 e. The topological polar surface area (TPSA) is 215 Å². The van der Waals surface area contributed by atoms with Gasteiger partial charge >= 0.3 is 0 Å². The molecule has 1 aromatic heterocycles. The predicted molar refractivity (Wildman–Crippen MR) is 211 cm³/mol. The summed E-state index contributed by atoms with van der Waals surface area (Å²) in [5.74, 6) is -1.77. The Hall–Kier alpha value is -6.42. The molecule has 3 heterocycles. The molecule has 3 aromatic carbocycles. The number of carbonyl (C=O) groups excluding carboxylic acids is 6. The lowest BCUT2D eigenvalue weighted by molar-refractivity contribution is -0.136. The first-order valence-electron chi connectivity index (χ1n) is 18.8. The molecule has 1 fully saturated rings. The number of aromatic nitrogens is 3. The van der Waals surface area contributed by atoms with Gasteiger partial charge in [-0.3, -0.25) is 49.0 Å². The third-order valence-corrected chi connectivity index (χ3v) is 10.2. The van der Waals surface area contributed by atoms with Crippen LogP contribution in [0.4, 0.5) is 0 Å². The molecule has 2 unspecified atom stereocenters. The van der Waals surface area contributed by atoms with Gasteiger partial charge in [-0.1, -0.05) is 36.7 Å². The normalized spacial score (nSPS) is 15.4. The average molecular weight is 811 g/mol. The van der Waals surface area contributed by atoms with Crippen LogP contribution in [0.2, 0.25) is 5.02 Å². The number of rotatable bonds is 17. The van der Waals surface area contributed by atoms with E-state index in [1.165, 1.54) is 18.2 Å². The van der Waals surface area contributed by atoms with Crippen LogP contribution in [0.5, 0.6) is 11.5 Å². The summed E-state index contributed by atoms with van der Waals surface area (Å²) in [5, 5.41) is 26.2. The Morgan fingerprint density at radius 2 is 1.72 bits per heavy atom. The Bertz CT molecular complexity index is 2270. The monoisotopic (exact) mass is 810 g/mol. The van der Waals surface area contributed by atoms with Gasteiger partial charge in [0.25, 0.3) is 17.7 Å². The Morgan fingerprint density at radius 1 is 0.983 bits per heavy atom. The van der Waals surface area contributed by atoms with Crippen molar-refractivity contribution in [3.05, 3.63) is 99.6 Å². The van der Waals surface area contributed by atoms with Crippen molar-refractivity contribution < 1.29 is 38.2 Å². The largest absolute Gasteiger partial charge is 0.497 e. The number of hydrogen-bond donors (Lipinski definition) is 4. The number of halogens is 1. The zero-order valence-corrected chi connectivity index (χ0v) is 33.0. The van der Waals surface area contributed by atoms with Crippen LogP contribution in [0, 0.1) is 18.3 Å². The lowest BCUT2D eigenvalue weighted by atomic mass is 9.99. The van der Waals surface area contributed by atoms with E-state index in [2.05, 4.69) is 26.1 Å². The molecule has 0 bridgehead atoms. The smallest absolute Gasteiger partial charge is 0.266 e. The van der Waals surface area contributed by atoms with E-state index in [1.54, 1.807) is 43.5 Å². The van der Waals surface area contributed by atoms with Gasteiger partial charge in [0.2, 0.25) is 17.7 Å². The minimum atomic E-state index is -1.11. The molecule has 4 N–H and O–H groups in total. The fraction of sp³-hybridized carbons (Fsp3) is 0.341. The molecule has 17 heteroatoms. The van der Waals surface area contributed by atoms with Gasteiger partial charge in [0.1, 0.15) is 29.2 Å². The summed E-state index contributed by atoms with van der Waals surface area (Å²) >= 11 is 6.09. The van der Waals surface area contributed by atoms with Crippen LogP contribution in [0.3, 0.4) is 0 Å². The zero-order valence-electron chi connectivity index (χ0n) is 32.2. The van der Waals surface area contributed by atoms with Gasteiger partial charge in [-0.25, -0.2) is 0 Å². The highest BCUT2D eigenvalue weighted by molar-refractivity contribution is 6.30. The van der Waals surface area contributed by atoms with Gasteiger partial charge in [-0.15, -0.1) is 10.2 Å². The number of hydrogen-bond acceptors (Lipinski definition) is 11. The third-order valence-electron chi connectivity index (χ3n) is 9.94. The molecule has 0 radical (unpaired) electrons. The molecule has 2 aliphatic heterocycles. The highest BCUT2D eigenvalue weighted by atomic mass is 35.5. The minimum absolute atomic E-state index is 0.00228. The van der Waals surface area contributed by atoms with E-state index in [0.29, 0.717) is 71.6 Å². The molecule has 16 nitrogen and oxygen atoms in total. The van der Waals surface area contributed by atoms with Crippen LogP contribution >= 0.6 is 11.6 Å². The van der Waals surface area contributed by atoms with E-state index in [0.717, 1.165) is 11.3 Å². The molecule has 4 aromatic rings. The number of unbranched alkanes of at least 4 members (excludes halogenated alkanes) is 2. The summed E-state index contributed by atoms with van der Waals surface area (Å²) < 4.78 is 13.0. The second-order valence-corrected chi connectivity index (χ2v) is 14.4. The molecule has 2 aliphatic rings. The summed E-state index contributed by atoms with van der Waals surface area (Å²) in [4.78, 5) is 76.7. The number of ether oxygens (including phenoxy) is 2. The maximum atomic E-state index is 13.2. The predicted octanol–water partition coefficient (Wildman–Crippen LogP) is 3.72. The van der Waals surface area contributed by atoms with Crippen molar-refractivity contribution in [3.63, 3.8) is 0 Å². The van der Waals surface area contributed by atoms with E-state index in [4.69, 9.17) is 26.5 Å². The van der Waals surface area contributed by atoms with Crippen LogP contribution in [-0.2, 0) is 25.6 Å². The maximum absolute atomic E-state index is 13.2. The highest BCUT2D eigenvalue weighted by Gasteiger charge is 2.46. The van der Waals surface area contributed by atoms with Crippen LogP contribution in [-0.4, -0.2) is 93.7 Å². The first-order chi connectivity index (χ1) is 27.9. The number of fused-ring (bicyclic) bond motifs is 1. The number of nitrogens with zero attached hydrogens (tertiary/aromatic N) is 4. The summed E-state index contributed by atoms with van der Waals surface area (Å²) in [6.07, 6.45) is 2.37. The molecule has 6 rings (SSSR count). The molecule has 302 valence electrons. The van der Waals surface area contributed by atoms with Gasteiger partial charge in [0.15, 0.2) is 6.61 Å². The number of amides is 6. The number of methoxy groups -OCH3 is 1. The fourth-order valence-corrected chi connectivity index (χ4v) is 6.99. The van der Waals surface area contributed by atoms with Crippen LogP contribution in [0.15, 0.2) is 60.7 Å². The van der Waals surface area contributed by atoms with Crippen molar-refractivity contribution in [1.29, 1.82) is 5.41 Å². The Kier molecular flexibility index (Phi) is 13.0. The Balaban J connectivity index is 0.939. The second kappa shape index (κ2) is 18.2. The SMILES string of the molecule is COc1ccc(-n2c(C)nnc2CC(C)C(=O)NCCCCCNC(=O)COc2cccc3c2C(=O)N(C2CCC(=O)NC2=O)C3=O)c(C(=N)c2ccc(Cl)cc2)c1. The molecular formula is C41H43ClN8O8. The maximum Gasteiger partial charge on any atom is 0.266 e. The van der Waals surface area contributed by atoms with Crippen molar-refractivity contribution in [2.24, 2.45) is 5.92 Å². The third kappa shape index (κ3) is 9.07.